The molecule has 2 amide bonds. The van der Waals surface area contributed by atoms with Crippen molar-refractivity contribution in [1.82, 2.24) is 15.2 Å². The highest BCUT2D eigenvalue weighted by Crippen LogP contribution is 2.19. The average molecular weight is 305 g/mol. The summed E-state index contributed by atoms with van der Waals surface area (Å²) in [4.78, 5) is 30.1. The maximum atomic E-state index is 12.2. The summed E-state index contributed by atoms with van der Waals surface area (Å²) < 4.78 is 0. The Labute approximate surface area is 130 Å². The summed E-state index contributed by atoms with van der Waals surface area (Å²) >= 11 is 0. The minimum absolute atomic E-state index is 0.00168. The second kappa shape index (κ2) is 7.35. The molecule has 0 bridgehead atoms. The molecule has 0 spiro atoms. The number of carbonyl (C=O) groups excluding carboxylic acids is 2. The van der Waals surface area contributed by atoms with Gasteiger partial charge in [-0.3, -0.25) is 14.6 Å². The second-order valence-corrected chi connectivity index (χ2v) is 5.99. The molecule has 0 unspecified atom stereocenters. The second-order valence-electron chi connectivity index (χ2n) is 5.99. The number of likely N-dealkylation sites (tertiary alicyclic amines) is 1. The lowest BCUT2D eigenvalue weighted by Crippen LogP contribution is -2.55. The average Bonchev–Trinajstić information content (AvgIpc) is 2.54. The van der Waals surface area contributed by atoms with Crippen LogP contribution in [0, 0.1) is 11.8 Å². The van der Waals surface area contributed by atoms with E-state index in [1.807, 2.05) is 13.8 Å². The summed E-state index contributed by atoms with van der Waals surface area (Å²) in [6.45, 7) is 4.80. The number of piperidine rings is 1. The molecule has 2 atom stereocenters. The molecule has 1 fully saturated rings. The summed E-state index contributed by atoms with van der Waals surface area (Å²) in [6.07, 6.45) is 3.80. The van der Waals surface area contributed by atoms with Gasteiger partial charge in [-0.1, -0.05) is 13.8 Å². The van der Waals surface area contributed by atoms with Crippen molar-refractivity contribution >= 4 is 11.8 Å². The van der Waals surface area contributed by atoms with Crippen molar-refractivity contribution in [2.75, 3.05) is 19.7 Å². The summed E-state index contributed by atoms with van der Waals surface area (Å²) in [7, 11) is 0. The molecule has 22 heavy (non-hydrogen) atoms. The molecule has 2 N–H and O–H groups in total. The van der Waals surface area contributed by atoms with Crippen LogP contribution in [0.2, 0.25) is 0 Å². The van der Waals surface area contributed by atoms with Gasteiger partial charge in [-0.05, 0) is 18.6 Å². The zero-order valence-corrected chi connectivity index (χ0v) is 13.0. The molecule has 0 radical (unpaired) electrons. The van der Waals surface area contributed by atoms with Crippen molar-refractivity contribution in [1.29, 1.82) is 0 Å². The third-order valence-electron chi connectivity index (χ3n) is 4.04. The lowest BCUT2D eigenvalue weighted by molar-refractivity contribution is -0.136. The van der Waals surface area contributed by atoms with Crippen LogP contribution in [0.1, 0.15) is 30.6 Å². The van der Waals surface area contributed by atoms with Crippen LogP contribution in [0.15, 0.2) is 24.5 Å². The Bertz CT molecular complexity index is 519. The van der Waals surface area contributed by atoms with E-state index in [4.69, 9.17) is 0 Å². The van der Waals surface area contributed by atoms with E-state index in [-0.39, 0.29) is 36.3 Å². The van der Waals surface area contributed by atoms with Crippen molar-refractivity contribution in [3.8, 4) is 0 Å². The molecule has 1 aliphatic rings. The summed E-state index contributed by atoms with van der Waals surface area (Å²) in [6, 6.07) is 3.15. The topological polar surface area (TPSA) is 82.5 Å². The maximum Gasteiger partial charge on any atom is 0.253 e. The largest absolute Gasteiger partial charge is 0.396 e. The zero-order valence-electron chi connectivity index (χ0n) is 13.0. The van der Waals surface area contributed by atoms with Crippen molar-refractivity contribution in [3.05, 3.63) is 30.1 Å². The molecule has 1 saturated heterocycles. The van der Waals surface area contributed by atoms with Gasteiger partial charge in [-0.2, -0.15) is 0 Å². The number of nitrogens with one attached hydrogen (secondary N) is 1. The van der Waals surface area contributed by atoms with Crippen LogP contribution in [0.4, 0.5) is 0 Å². The van der Waals surface area contributed by atoms with Crippen molar-refractivity contribution < 1.29 is 14.7 Å². The smallest absolute Gasteiger partial charge is 0.253 e. The number of rotatable bonds is 4. The number of aliphatic hydroxyl groups excluding tert-OH is 1. The van der Waals surface area contributed by atoms with Crippen molar-refractivity contribution in [2.45, 2.75) is 26.3 Å². The molecular formula is C16H23N3O3. The van der Waals surface area contributed by atoms with Crippen LogP contribution in [-0.2, 0) is 4.79 Å². The Kier molecular flexibility index (Phi) is 5.49. The van der Waals surface area contributed by atoms with Gasteiger partial charge in [-0.25, -0.2) is 0 Å². The first-order valence-corrected chi connectivity index (χ1v) is 7.63. The van der Waals surface area contributed by atoms with E-state index in [0.717, 1.165) is 0 Å². The van der Waals surface area contributed by atoms with E-state index in [9.17, 15) is 14.7 Å². The Balaban J connectivity index is 2.05. The highest BCUT2D eigenvalue weighted by Gasteiger charge is 2.32. The fourth-order valence-corrected chi connectivity index (χ4v) is 2.70. The molecule has 1 aliphatic heterocycles. The van der Waals surface area contributed by atoms with Gasteiger partial charge in [0.15, 0.2) is 0 Å². The molecule has 1 aromatic rings. The van der Waals surface area contributed by atoms with Crippen molar-refractivity contribution in [3.63, 3.8) is 0 Å². The van der Waals surface area contributed by atoms with Gasteiger partial charge < -0.3 is 15.3 Å². The van der Waals surface area contributed by atoms with Crippen LogP contribution in [0.5, 0.6) is 0 Å². The molecule has 120 valence electrons. The molecule has 2 heterocycles. The van der Waals surface area contributed by atoms with Crippen LogP contribution in [0.25, 0.3) is 0 Å². The van der Waals surface area contributed by atoms with Gasteiger partial charge in [0.2, 0.25) is 5.91 Å². The standard InChI is InChI=1S/C16H23N3O3/c1-11(2)16(22)19-7-5-13(10-20)14(9-19)18-15(21)12-4-3-6-17-8-12/h3-4,6,8,11,13-14,20H,5,7,9-10H2,1-2H3,(H,18,21)/t13-,14-/m1/s1. The van der Waals surface area contributed by atoms with E-state index in [1.54, 1.807) is 23.2 Å². The van der Waals surface area contributed by atoms with Crippen LogP contribution in [-0.4, -0.2) is 52.5 Å². The van der Waals surface area contributed by atoms with E-state index in [2.05, 4.69) is 10.3 Å². The third kappa shape index (κ3) is 3.82. The van der Waals surface area contributed by atoms with E-state index in [1.165, 1.54) is 6.20 Å². The molecule has 2 rings (SSSR count). The number of pyridine rings is 1. The lowest BCUT2D eigenvalue weighted by Gasteiger charge is -2.39. The van der Waals surface area contributed by atoms with Crippen LogP contribution >= 0.6 is 0 Å². The van der Waals surface area contributed by atoms with Gasteiger partial charge in [0, 0.05) is 43.9 Å². The van der Waals surface area contributed by atoms with Crippen molar-refractivity contribution in [2.24, 2.45) is 11.8 Å². The molecule has 6 heteroatoms. The quantitative estimate of drug-likeness (QED) is 0.857. The van der Waals surface area contributed by atoms with Crippen LogP contribution in [0.3, 0.4) is 0 Å². The molecular weight excluding hydrogens is 282 g/mol. The Morgan fingerprint density at radius 2 is 2.27 bits per heavy atom. The summed E-state index contributed by atoms with van der Waals surface area (Å²) in [5.41, 5.74) is 0.478. The molecule has 1 aromatic heterocycles. The lowest BCUT2D eigenvalue weighted by atomic mass is 9.91. The molecule has 0 aromatic carbocycles. The number of amides is 2. The number of aromatic nitrogens is 1. The monoisotopic (exact) mass is 305 g/mol. The summed E-state index contributed by atoms with van der Waals surface area (Å²) in [5, 5.41) is 12.4. The Hall–Kier alpha value is -1.95. The van der Waals surface area contributed by atoms with E-state index in [0.29, 0.717) is 25.1 Å². The Morgan fingerprint density at radius 1 is 1.50 bits per heavy atom. The zero-order chi connectivity index (χ0) is 16.1. The number of hydrogen-bond donors (Lipinski definition) is 2. The predicted octanol–water partition coefficient (Wildman–Crippen LogP) is 0.677. The summed E-state index contributed by atoms with van der Waals surface area (Å²) in [5.74, 6) is -0.246. The number of nitrogens with zero attached hydrogens (tertiary/aromatic N) is 2. The third-order valence-corrected chi connectivity index (χ3v) is 4.04. The van der Waals surface area contributed by atoms with Gasteiger partial charge >= 0.3 is 0 Å². The maximum absolute atomic E-state index is 12.2. The van der Waals surface area contributed by atoms with Crippen LogP contribution < -0.4 is 5.32 Å². The highest BCUT2D eigenvalue weighted by molar-refractivity contribution is 5.94. The molecule has 0 aliphatic carbocycles. The fraction of sp³-hybridized carbons (Fsp3) is 0.562. The number of carbonyl (C=O) groups is 2. The SMILES string of the molecule is CC(C)C(=O)N1CC[C@H](CO)[C@H](NC(=O)c2cccnc2)C1. The first-order valence-electron chi connectivity index (χ1n) is 7.63. The minimum atomic E-state index is -0.242. The highest BCUT2D eigenvalue weighted by atomic mass is 16.3. The minimum Gasteiger partial charge on any atom is -0.396 e. The van der Waals surface area contributed by atoms with E-state index >= 15 is 0 Å². The van der Waals surface area contributed by atoms with Gasteiger partial charge in [-0.15, -0.1) is 0 Å². The van der Waals surface area contributed by atoms with Gasteiger partial charge in [0.25, 0.3) is 5.91 Å². The first-order chi connectivity index (χ1) is 10.5. The fourth-order valence-electron chi connectivity index (χ4n) is 2.70. The number of aliphatic hydroxyl groups is 1. The van der Waals surface area contributed by atoms with E-state index < -0.39 is 0 Å². The Morgan fingerprint density at radius 3 is 2.86 bits per heavy atom. The molecule has 0 saturated carbocycles. The normalized spacial score (nSPS) is 21.7. The van der Waals surface area contributed by atoms with Gasteiger partial charge in [0.05, 0.1) is 11.6 Å². The first kappa shape index (κ1) is 16.4. The predicted molar refractivity (Wildman–Crippen MR) is 82.1 cm³/mol. The molecule has 6 nitrogen and oxygen atoms in total. The van der Waals surface area contributed by atoms with Gasteiger partial charge in [0.1, 0.15) is 0 Å². The number of hydrogen-bond acceptors (Lipinski definition) is 4.